The monoisotopic (exact) mass is 394 g/mol. The lowest BCUT2D eigenvalue weighted by atomic mass is 10.1. The van der Waals surface area contributed by atoms with Crippen molar-refractivity contribution in [3.05, 3.63) is 65.1 Å². The molecule has 0 atom stereocenters. The van der Waals surface area contributed by atoms with Gasteiger partial charge in [0, 0.05) is 23.2 Å². The highest BCUT2D eigenvalue weighted by Gasteiger charge is 2.14. The number of amides is 1. The second-order valence-corrected chi connectivity index (χ2v) is 7.02. The minimum atomic E-state index is -0.417. The van der Waals surface area contributed by atoms with Crippen molar-refractivity contribution < 1.29 is 13.7 Å². The highest BCUT2D eigenvalue weighted by atomic mass is 19.1. The van der Waals surface area contributed by atoms with E-state index in [4.69, 9.17) is 4.52 Å². The minimum Gasteiger partial charge on any atom is -0.345 e. The Kier molecular flexibility index (Phi) is 4.79. The van der Waals surface area contributed by atoms with Crippen LogP contribution in [-0.4, -0.2) is 30.6 Å². The molecule has 3 aromatic heterocycles. The Bertz CT molecular complexity index is 1200. The van der Waals surface area contributed by atoms with E-state index < -0.39 is 5.82 Å². The summed E-state index contributed by atoms with van der Waals surface area (Å²) in [6.07, 6.45) is 1.77. The van der Waals surface area contributed by atoms with Crippen molar-refractivity contribution in [1.82, 2.24) is 30.1 Å². The van der Waals surface area contributed by atoms with Gasteiger partial charge in [-0.15, -0.1) is 10.2 Å². The molecule has 0 bridgehead atoms. The second kappa shape index (κ2) is 7.42. The largest absolute Gasteiger partial charge is 0.345 e. The zero-order valence-corrected chi connectivity index (χ0v) is 16.2. The van der Waals surface area contributed by atoms with Crippen LogP contribution in [-0.2, 0) is 6.54 Å². The fourth-order valence-corrected chi connectivity index (χ4v) is 2.78. The molecule has 4 rings (SSSR count). The third-order valence-electron chi connectivity index (χ3n) is 4.53. The highest BCUT2D eigenvalue weighted by Crippen LogP contribution is 2.21. The van der Waals surface area contributed by atoms with E-state index in [2.05, 4.69) is 25.7 Å². The van der Waals surface area contributed by atoms with Gasteiger partial charge < -0.3 is 9.84 Å². The summed E-state index contributed by atoms with van der Waals surface area (Å²) in [5.74, 6) is 0.958. The van der Waals surface area contributed by atoms with Gasteiger partial charge in [0.15, 0.2) is 17.3 Å². The molecule has 0 saturated carbocycles. The lowest BCUT2D eigenvalue weighted by Crippen LogP contribution is -2.24. The molecular weight excluding hydrogens is 375 g/mol. The molecule has 0 fully saturated rings. The number of aromatic nitrogens is 5. The first-order chi connectivity index (χ1) is 13.9. The number of pyridine rings is 1. The standard InChI is InChI=1S/C20H19FN6O2/c1-11(2)18-23-20(29-26-18)14-6-7-27-16(9-14)24-25-17(27)10-22-19(28)13-5-4-12(3)15(21)8-13/h4-9,11H,10H2,1-3H3,(H,22,28). The van der Waals surface area contributed by atoms with Crippen molar-refractivity contribution in [3.63, 3.8) is 0 Å². The number of carbonyl (C=O) groups is 1. The number of halogens is 1. The maximum atomic E-state index is 13.7. The fraction of sp³-hybridized carbons (Fsp3) is 0.250. The van der Waals surface area contributed by atoms with E-state index in [-0.39, 0.29) is 23.9 Å². The van der Waals surface area contributed by atoms with Gasteiger partial charge in [-0.1, -0.05) is 25.1 Å². The molecule has 0 aliphatic heterocycles. The lowest BCUT2D eigenvalue weighted by Gasteiger charge is -2.05. The van der Waals surface area contributed by atoms with E-state index in [1.165, 1.54) is 6.07 Å². The molecule has 4 aromatic rings. The molecule has 29 heavy (non-hydrogen) atoms. The highest BCUT2D eigenvalue weighted by molar-refractivity contribution is 5.94. The second-order valence-electron chi connectivity index (χ2n) is 7.02. The summed E-state index contributed by atoms with van der Waals surface area (Å²) in [5.41, 5.74) is 2.05. The third-order valence-corrected chi connectivity index (χ3v) is 4.53. The predicted molar refractivity (Wildman–Crippen MR) is 103 cm³/mol. The van der Waals surface area contributed by atoms with Crippen molar-refractivity contribution in [1.29, 1.82) is 0 Å². The first-order valence-corrected chi connectivity index (χ1v) is 9.14. The van der Waals surface area contributed by atoms with Crippen LogP contribution < -0.4 is 5.32 Å². The van der Waals surface area contributed by atoms with Crippen molar-refractivity contribution in [3.8, 4) is 11.5 Å². The first kappa shape index (κ1) is 18.7. The van der Waals surface area contributed by atoms with Crippen LogP contribution in [0.3, 0.4) is 0 Å². The number of hydrogen-bond donors (Lipinski definition) is 1. The van der Waals surface area contributed by atoms with E-state index in [0.717, 1.165) is 5.56 Å². The van der Waals surface area contributed by atoms with Crippen LogP contribution in [0.2, 0.25) is 0 Å². The van der Waals surface area contributed by atoms with E-state index in [1.807, 2.05) is 19.9 Å². The van der Waals surface area contributed by atoms with Crippen LogP contribution in [0.4, 0.5) is 4.39 Å². The molecule has 148 valence electrons. The normalized spacial score (nSPS) is 11.3. The number of benzene rings is 1. The van der Waals surface area contributed by atoms with E-state index >= 15 is 0 Å². The van der Waals surface area contributed by atoms with Crippen molar-refractivity contribution in [2.45, 2.75) is 33.2 Å². The van der Waals surface area contributed by atoms with Gasteiger partial charge in [-0.05, 0) is 36.8 Å². The number of rotatable bonds is 5. The first-order valence-electron chi connectivity index (χ1n) is 9.14. The van der Waals surface area contributed by atoms with Gasteiger partial charge in [0.25, 0.3) is 11.8 Å². The fourth-order valence-electron chi connectivity index (χ4n) is 2.78. The SMILES string of the molecule is Cc1ccc(C(=O)NCc2nnc3cc(-c4nc(C(C)C)no4)ccn23)cc1F. The Morgan fingerprint density at radius 1 is 1.24 bits per heavy atom. The molecule has 1 amide bonds. The molecule has 8 nitrogen and oxygen atoms in total. The smallest absolute Gasteiger partial charge is 0.258 e. The molecule has 0 aliphatic rings. The molecular formula is C20H19FN6O2. The van der Waals surface area contributed by atoms with Crippen LogP contribution in [0.15, 0.2) is 41.1 Å². The lowest BCUT2D eigenvalue weighted by molar-refractivity contribution is 0.0949. The van der Waals surface area contributed by atoms with Gasteiger partial charge in [0.2, 0.25) is 0 Å². The summed E-state index contributed by atoms with van der Waals surface area (Å²) in [5, 5.41) is 14.9. The maximum absolute atomic E-state index is 13.7. The summed E-state index contributed by atoms with van der Waals surface area (Å²) in [4.78, 5) is 16.7. The Labute approximate surface area is 165 Å². The topological polar surface area (TPSA) is 98.2 Å². The Morgan fingerprint density at radius 2 is 2.07 bits per heavy atom. The molecule has 0 radical (unpaired) electrons. The summed E-state index contributed by atoms with van der Waals surface area (Å²) in [6, 6.07) is 7.97. The van der Waals surface area contributed by atoms with Crippen molar-refractivity contribution in [2.24, 2.45) is 0 Å². The number of fused-ring (bicyclic) bond motifs is 1. The van der Waals surface area contributed by atoms with Crippen LogP contribution in [0, 0.1) is 12.7 Å². The van der Waals surface area contributed by atoms with E-state index in [0.29, 0.717) is 28.8 Å². The Hall–Kier alpha value is -3.62. The summed E-state index contributed by atoms with van der Waals surface area (Å²) in [7, 11) is 0. The van der Waals surface area contributed by atoms with Crippen LogP contribution >= 0.6 is 0 Å². The quantitative estimate of drug-likeness (QED) is 0.558. The van der Waals surface area contributed by atoms with E-state index in [1.54, 1.807) is 35.7 Å². The average molecular weight is 394 g/mol. The Morgan fingerprint density at radius 3 is 2.79 bits per heavy atom. The van der Waals surface area contributed by atoms with Gasteiger partial charge in [0.1, 0.15) is 5.82 Å². The third kappa shape index (κ3) is 3.71. The predicted octanol–water partition coefficient (Wildman–Crippen LogP) is 3.28. The van der Waals surface area contributed by atoms with Crippen molar-refractivity contribution >= 4 is 11.6 Å². The molecule has 3 heterocycles. The summed E-state index contributed by atoms with van der Waals surface area (Å²) >= 11 is 0. The zero-order chi connectivity index (χ0) is 20.5. The van der Waals surface area contributed by atoms with Crippen molar-refractivity contribution in [2.75, 3.05) is 0 Å². The number of aryl methyl sites for hydroxylation is 1. The molecule has 9 heteroatoms. The summed E-state index contributed by atoms with van der Waals surface area (Å²) < 4.78 is 20.7. The van der Waals surface area contributed by atoms with Gasteiger partial charge >= 0.3 is 0 Å². The molecule has 1 N–H and O–H groups in total. The molecule has 1 aromatic carbocycles. The van der Waals surface area contributed by atoms with Gasteiger partial charge in [-0.2, -0.15) is 4.98 Å². The average Bonchev–Trinajstić information content (AvgIpc) is 3.35. The molecule has 0 spiro atoms. The number of hydrogen-bond acceptors (Lipinski definition) is 6. The number of nitrogens with zero attached hydrogens (tertiary/aromatic N) is 5. The Balaban J connectivity index is 1.51. The molecule has 0 saturated heterocycles. The van der Waals surface area contributed by atoms with Gasteiger partial charge in [-0.3, -0.25) is 9.20 Å². The minimum absolute atomic E-state index is 0.146. The number of nitrogens with one attached hydrogen (secondary N) is 1. The maximum Gasteiger partial charge on any atom is 0.258 e. The van der Waals surface area contributed by atoms with Gasteiger partial charge in [-0.25, -0.2) is 4.39 Å². The van der Waals surface area contributed by atoms with Gasteiger partial charge in [0.05, 0.1) is 6.54 Å². The van der Waals surface area contributed by atoms with Crippen LogP contribution in [0.25, 0.3) is 17.1 Å². The molecule has 0 aliphatic carbocycles. The van der Waals surface area contributed by atoms with Crippen LogP contribution in [0.5, 0.6) is 0 Å². The van der Waals surface area contributed by atoms with Crippen LogP contribution in [0.1, 0.15) is 47.3 Å². The molecule has 0 unspecified atom stereocenters. The zero-order valence-electron chi connectivity index (χ0n) is 16.2. The number of carbonyl (C=O) groups excluding carboxylic acids is 1. The van der Waals surface area contributed by atoms with E-state index in [9.17, 15) is 9.18 Å². The summed E-state index contributed by atoms with van der Waals surface area (Å²) in [6.45, 7) is 5.77.